The summed E-state index contributed by atoms with van der Waals surface area (Å²) in [5.41, 5.74) is 1.31. The molecule has 8 nitrogen and oxygen atoms in total. The Hall–Kier alpha value is -3.77. The molecule has 0 amide bonds. The Balaban J connectivity index is 1.67. The number of anilines is 1. The van der Waals surface area contributed by atoms with Gasteiger partial charge in [0.2, 0.25) is 0 Å². The first-order valence-corrected chi connectivity index (χ1v) is 13.8. The molecule has 5 rings (SSSR count). The number of hydrogen-bond acceptors (Lipinski definition) is 8. The lowest BCUT2D eigenvalue weighted by Gasteiger charge is -2.12. The van der Waals surface area contributed by atoms with Crippen molar-refractivity contribution < 1.29 is 19.0 Å². The van der Waals surface area contributed by atoms with E-state index < -0.39 is 17.3 Å². The average molecular weight is 585 g/mol. The van der Waals surface area contributed by atoms with E-state index in [4.69, 9.17) is 16.3 Å². The molecule has 0 aliphatic heterocycles. The summed E-state index contributed by atoms with van der Waals surface area (Å²) in [7, 11) is 1.43. The Labute approximate surface area is 235 Å². The molecule has 5 aromatic rings. The van der Waals surface area contributed by atoms with Crippen molar-refractivity contribution in [2.75, 3.05) is 12.4 Å². The maximum Gasteiger partial charge on any atom is 0.287 e. The monoisotopic (exact) mass is 584 g/mol. The maximum absolute atomic E-state index is 14.4. The topological polar surface area (TPSA) is 98.4 Å². The van der Waals surface area contributed by atoms with Crippen LogP contribution in [-0.2, 0) is 19.7 Å². The third-order valence-electron chi connectivity index (χ3n) is 5.95. The van der Waals surface area contributed by atoms with Gasteiger partial charge in [-0.25, -0.2) is 4.39 Å². The van der Waals surface area contributed by atoms with Gasteiger partial charge < -0.3 is 15.2 Å². The maximum atomic E-state index is 14.4. The highest BCUT2D eigenvalue weighted by molar-refractivity contribution is 7.16. The van der Waals surface area contributed by atoms with E-state index in [2.05, 4.69) is 10.4 Å². The predicted octanol–water partition coefficient (Wildman–Crippen LogP) is 5.48. The first-order chi connectivity index (χ1) is 18.9. The molecule has 12 heteroatoms. The van der Waals surface area contributed by atoms with Crippen LogP contribution in [0.2, 0.25) is 4.34 Å². The Morgan fingerprint density at radius 3 is 2.72 bits per heavy atom. The second-order valence-electron chi connectivity index (χ2n) is 8.45. The summed E-state index contributed by atoms with van der Waals surface area (Å²) in [5.74, 6) is -0.947. The number of methoxy groups -OCH3 is 1. The van der Waals surface area contributed by atoms with Gasteiger partial charge in [-0.1, -0.05) is 23.7 Å². The fraction of sp³-hybridized carbons (Fsp3) is 0.148. The second-order valence-corrected chi connectivity index (χ2v) is 11.0. The van der Waals surface area contributed by atoms with Crippen LogP contribution < -0.4 is 15.6 Å². The minimum atomic E-state index is -0.905. The van der Waals surface area contributed by atoms with Crippen molar-refractivity contribution in [1.29, 1.82) is 0 Å². The lowest BCUT2D eigenvalue weighted by molar-refractivity contribution is 0.0947. The van der Waals surface area contributed by atoms with Crippen molar-refractivity contribution >= 4 is 46.0 Å². The van der Waals surface area contributed by atoms with E-state index in [9.17, 15) is 19.1 Å². The van der Waals surface area contributed by atoms with Crippen LogP contribution in [0.25, 0.3) is 11.4 Å². The molecule has 1 aromatic carbocycles. The Kier molecular flexibility index (Phi) is 7.94. The standard InChI is InChI=1S/C27H22ClFN4O4S2/c1-37-24-23(21-7-6-20(29)27(36)32(21)13-17-9-10-38-15-17)31-33(25(24)30-12-19-5-8-22(28)39-19)26(35)18-4-2-3-16(11-18)14-34/h2-11,15,30,34H,12-14H2,1H3. The van der Waals surface area contributed by atoms with Crippen molar-refractivity contribution in [3.8, 4) is 17.1 Å². The summed E-state index contributed by atoms with van der Waals surface area (Å²) in [6.45, 7) is 0.186. The summed E-state index contributed by atoms with van der Waals surface area (Å²) in [6.07, 6.45) is 0. The summed E-state index contributed by atoms with van der Waals surface area (Å²) in [6, 6.07) is 14.6. The highest BCUT2D eigenvalue weighted by Crippen LogP contribution is 2.37. The molecule has 0 aliphatic carbocycles. The first kappa shape index (κ1) is 26.8. The quantitative estimate of drug-likeness (QED) is 0.238. The number of benzene rings is 1. The Morgan fingerprint density at radius 1 is 1.18 bits per heavy atom. The van der Waals surface area contributed by atoms with Crippen LogP contribution >= 0.6 is 34.3 Å². The predicted molar refractivity (Wildman–Crippen MR) is 151 cm³/mol. The van der Waals surface area contributed by atoms with Crippen molar-refractivity contribution in [3.63, 3.8) is 0 Å². The minimum Gasteiger partial charge on any atom is -0.491 e. The van der Waals surface area contributed by atoms with E-state index in [1.807, 2.05) is 22.9 Å². The molecular formula is C27H22ClFN4O4S2. The molecule has 0 saturated heterocycles. The van der Waals surface area contributed by atoms with E-state index in [-0.39, 0.29) is 41.7 Å². The van der Waals surface area contributed by atoms with Gasteiger partial charge >= 0.3 is 0 Å². The van der Waals surface area contributed by atoms with Crippen LogP contribution in [-0.4, -0.2) is 32.5 Å². The highest BCUT2D eigenvalue weighted by atomic mass is 35.5. The number of nitrogens with one attached hydrogen (secondary N) is 1. The van der Waals surface area contributed by atoms with Gasteiger partial charge in [0.05, 0.1) is 36.8 Å². The first-order valence-electron chi connectivity index (χ1n) is 11.7. The largest absolute Gasteiger partial charge is 0.491 e. The molecule has 200 valence electrons. The van der Waals surface area contributed by atoms with Gasteiger partial charge in [-0.2, -0.15) is 21.1 Å². The number of ether oxygens (including phenoxy) is 1. The van der Waals surface area contributed by atoms with Gasteiger partial charge in [-0.15, -0.1) is 11.3 Å². The van der Waals surface area contributed by atoms with E-state index in [0.29, 0.717) is 16.4 Å². The van der Waals surface area contributed by atoms with Gasteiger partial charge in [0.1, 0.15) is 0 Å². The fourth-order valence-corrected chi connectivity index (χ4v) is 5.78. The molecule has 0 aliphatic rings. The van der Waals surface area contributed by atoms with Gasteiger partial charge in [0, 0.05) is 10.4 Å². The van der Waals surface area contributed by atoms with Crippen LogP contribution in [0.5, 0.6) is 5.75 Å². The van der Waals surface area contributed by atoms with Crippen molar-refractivity contribution in [2.45, 2.75) is 19.7 Å². The SMILES string of the molecule is COc1c(-c2ccc(F)c(=O)n2Cc2ccsc2)nn(C(=O)c2cccc(CO)c2)c1NCc1ccc(Cl)s1. The van der Waals surface area contributed by atoms with E-state index >= 15 is 0 Å². The van der Waals surface area contributed by atoms with Crippen molar-refractivity contribution in [3.05, 3.63) is 107 Å². The molecule has 0 radical (unpaired) electrons. The number of hydrogen-bond donors (Lipinski definition) is 2. The smallest absolute Gasteiger partial charge is 0.287 e. The van der Waals surface area contributed by atoms with Crippen LogP contribution in [0.15, 0.2) is 70.2 Å². The van der Waals surface area contributed by atoms with E-state index in [1.165, 1.54) is 40.4 Å². The number of aliphatic hydroxyl groups is 1. The molecule has 0 spiro atoms. The zero-order valence-electron chi connectivity index (χ0n) is 20.6. The summed E-state index contributed by atoms with van der Waals surface area (Å²) >= 11 is 8.93. The number of carbonyl (C=O) groups is 1. The molecular weight excluding hydrogens is 563 g/mol. The van der Waals surface area contributed by atoms with Gasteiger partial charge in [0.15, 0.2) is 23.1 Å². The van der Waals surface area contributed by atoms with Crippen LogP contribution in [0.4, 0.5) is 10.2 Å². The fourth-order valence-electron chi connectivity index (χ4n) is 4.09. The molecule has 4 heterocycles. The lowest BCUT2D eigenvalue weighted by atomic mass is 10.1. The molecule has 2 N–H and O–H groups in total. The van der Waals surface area contributed by atoms with Crippen LogP contribution in [0, 0.1) is 5.82 Å². The Bertz CT molecular complexity index is 1690. The number of carbonyl (C=O) groups excluding carboxylic acids is 1. The zero-order valence-corrected chi connectivity index (χ0v) is 22.9. The Morgan fingerprint density at radius 2 is 2.03 bits per heavy atom. The van der Waals surface area contributed by atoms with Crippen molar-refractivity contribution in [2.24, 2.45) is 0 Å². The number of thiophene rings is 2. The molecule has 0 saturated carbocycles. The normalized spacial score (nSPS) is 11.1. The molecule has 39 heavy (non-hydrogen) atoms. The van der Waals surface area contributed by atoms with E-state index in [1.54, 1.807) is 30.3 Å². The third kappa shape index (κ3) is 5.52. The summed E-state index contributed by atoms with van der Waals surface area (Å²) in [4.78, 5) is 27.5. The van der Waals surface area contributed by atoms with E-state index in [0.717, 1.165) is 21.2 Å². The van der Waals surface area contributed by atoms with Gasteiger partial charge in [0.25, 0.3) is 11.5 Å². The molecule has 0 fully saturated rings. The number of pyridine rings is 1. The number of aromatic nitrogens is 3. The molecule has 4 aromatic heterocycles. The summed E-state index contributed by atoms with van der Waals surface area (Å²) in [5, 5.41) is 21.1. The highest BCUT2D eigenvalue weighted by Gasteiger charge is 2.27. The molecule has 0 atom stereocenters. The van der Waals surface area contributed by atoms with Crippen LogP contribution in [0.3, 0.4) is 0 Å². The third-order valence-corrected chi connectivity index (χ3v) is 7.91. The molecule has 0 bridgehead atoms. The average Bonchev–Trinajstić information content (AvgIpc) is 3.70. The number of nitrogens with zero attached hydrogens (tertiary/aromatic N) is 3. The zero-order chi connectivity index (χ0) is 27.5. The number of rotatable bonds is 9. The van der Waals surface area contributed by atoms with Gasteiger partial charge in [-0.05, 0) is 64.4 Å². The minimum absolute atomic E-state index is 0.106. The summed E-state index contributed by atoms with van der Waals surface area (Å²) < 4.78 is 23.2. The number of halogens is 2. The van der Waals surface area contributed by atoms with Gasteiger partial charge in [-0.3, -0.25) is 14.2 Å². The van der Waals surface area contributed by atoms with Crippen LogP contribution in [0.1, 0.15) is 26.4 Å². The van der Waals surface area contributed by atoms with Crippen molar-refractivity contribution in [1.82, 2.24) is 14.3 Å². The number of aliphatic hydroxyl groups excluding tert-OH is 1. The molecule has 0 unspecified atom stereocenters. The second kappa shape index (κ2) is 11.5. The lowest BCUT2D eigenvalue weighted by Crippen LogP contribution is -2.25.